The number of hydrogen-bond donors (Lipinski definition) is 0. The van der Waals surface area contributed by atoms with Crippen molar-refractivity contribution in [3.63, 3.8) is 0 Å². The first-order valence-electron chi connectivity index (χ1n) is 14.1. The van der Waals surface area contributed by atoms with Crippen molar-refractivity contribution in [1.29, 1.82) is 0 Å². The van der Waals surface area contributed by atoms with E-state index in [0.29, 0.717) is 36.9 Å². The second-order valence-corrected chi connectivity index (χ2v) is 11.2. The van der Waals surface area contributed by atoms with E-state index in [1.807, 2.05) is 0 Å². The Kier molecular flexibility index (Phi) is 6.82. The molecule has 9 nitrogen and oxygen atoms in total. The monoisotopic (exact) mass is 541 g/mol. The Morgan fingerprint density at radius 1 is 0.625 bits per heavy atom. The fraction of sp³-hybridized carbons (Fsp3) is 0.419. The van der Waals surface area contributed by atoms with Gasteiger partial charge >= 0.3 is 0 Å². The molecule has 0 bridgehead atoms. The van der Waals surface area contributed by atoms with Gasteiger partial charge in [-0.15, -0.1) is 0 Å². The summed E-state index contributed by atoms with van der Waals surface area (Å²) < 4.78 is 0. The van der Waals surface area contributed by atoms with Gasteiger partial charge in [0.1, 0.15) is 6.54 Å². The van der Waals surface area contributed by atoms with Crippen LogP contribution in [0.25, 0.3) is 0 Å². The van der Waals surface area contributed by atoms with Crippen molar-refractivity contribution in [2.24, 2.45) is 23.7 Å². The third-order valence-corrected chi connectivity index (χ3v) is 8.90. The van der Waals surface area contributed by atoms with Crippen molar-refractivity contribution in [3.8, 4) is 0 Å². The number of rotatable bonds is 6. The number of hydrazine groups is 1. The molecule has 2 saturated heterocycles. The van der Waals surface area contributed by atoms with Crippen LogP contribution in [0, 0.1) is 23.7 Å². The van der Waals surface area contributed by atoms with Gasteiger partial charge in [-0.25, -0.2) is 5.01 Å². The van der Waals surface area contributed by atoms with E-state index in [0.717, 1.165) is 35.7 Å². The van der Waals surface area contributed by atoms with Crippen molar-refractivity contribution in [2.75, 3.05) is 11.4 Å². The van der Waals surface area contributed by atoms with Crippen LogP contribution in [-0.4, -0.2) is 51.9 Å². The van der Waals surface area contributed by atoms with Crippen molar-refractivity contribution in [3.05, 3.63) is 65.7 Å². The number of anilines is 1. The molecule has 2 aliphatic carbocycles. The molecule has 206 valence electrons. The third kappa shape index (κ3) is 4.33. The standard InChI is InChI=1S/C31H31N3O6/c35-26(19-8-2-1-3-9-19)18-32(34-30(39)24-12-6-7-13-25(24)31(34)40)27(36)20-14-16-21(17-15-20)33-28(37)22-10-4-5-11-23(22)29(33)38/h1-3,8-9,14-17,22-25H,4-7,10-13,18H2. The zero-order chi connectivity index (χ0) is 28.0. The minimum atomic E-state index is -0.677. The topological polar surface area (TPSA) is 112 Å². The van der Waals surface area contributed by atoms with Gasteiger partial charge in [-0.2, -0.15) is 5.01 Å². The van der Waals surface area contributed by atoms with Crippen LogP contribution in [0.1, 0.15) is 72.1 Å². The average molecular weight is 542 g/mol. The molecule has 0 spiro atoms. The highest BCUT2D eigenvalue weighted by atomic mass is 16.2. The molecule has 0 aromatic heterocycles. The Labute approximate surface area is 232 Å². The Morgan fingerprint density at radius 2 is 1.10 bits per heavy atom. The summed E-state index contributed by atoms with van der Waals surface area (Å²) in [5, 5.41) is 1.85. The van der Waals surface area contributed by atoms with Gasteiger partial charge in [0.2, 0.25) is 11.8 Å². The van der Waals surface area contributed by atoms with Crippen LogP contribution in [0.3, 0.4) is 0 Å². The molecule has 5 amide bonds. The predicted molar refractivity (Wildman–Crippen MR) is 143 cm³/mol. The highest BCUT2D eigenvalue weighted by Crippen LogP contribution is 2.41. The van der Waals surface area contributed by atoms with Gasteiger partial charge in [-0.3, -0.25) is 33.7 Å². The summed E-state index contributed by atoms with van der Waals surface area (Å²) in [5.74, 6) is -3.95. The fourth-order valence-corrected chi connectivity index (χ4v) is 6.79. The molecule has 4 fully saturated rings. The zero-order valence-corrected chi connectivity index (χ0v) is 22.2. The second-order valence-electron chi connectivity index (χ2n) is 11.2. The molecular weight excluding hydrogens is 510 g/mol. The number of imide groups is 2. The summed E-state index contributed by atoms with van der Waals surface area (Å²) in [4.78, 5) is 81.0. The Balaban J connectivity index is 1.29. The summed E-state index contributed by atoms with van der Waals surface area (Å²) >= 11 is 0. The molecule has 4 aliphatic rings. The van der Waals surface area contributed by atoms with Crippen LogP contribution >= 0.6 is 0 Å². The van der Waals surface area contributed by atoms with E-state index in [1.54, 1.807) is 30.3 Å². The summed E-state index contributed by atoms with van der Waals surface area (Å²) in [6.07, 6.45) is 6.08. The number of carbonyl (C=O) groups is 6. The molecule has 40 heavy (non-hydrogen) atoms. The zero-order valence-electron chi connectivity index (χ0n) is 22.2. The quantitative estimate of drug-likeness (QED) is 0.406. The van der Waals surface area contributed by atoms with E-state index in [2.05, 4.69) is 0 Å². The van der Waals surface area contributed by atoms with Gasteiger partial charge in [0.15, 0.2) is 5.78 Å². The molecule has 2 aromatic carbocycles. The highest BCUT2D eigenvalue weighted by molar-refractivity contribution is 6.22. The van der Waals surface area contributed by atoms with E-state index >= 15 is 0 Å². The van der Waals surface area contributed by atoms with Gasteiger partial charge in [0, 0.05) is 11.1 Å². The van der Waals surface area contributed by atoms with Gasteiger partial charge in [0.25, 0.3) is 17.7 Å². The smallest absolute Gasteiger partial charge is 0.273 e. The predicted octanol–water partition coefficient (Wildman–Crippen LogP) is 3.78. The molecule has 0 N–H and O–H groups in total. The molecule has 6 rings (SSSR count). The average Bonchev–Trinajstić information content (AvgIpc) is 3.40. The SMILES string of the molecule is O=C(CN(C(=O)c1ccc(N2C(=O)C3CCCCC3C2=O)cc1)N1C(=O)C2CCCCC2C1=O)c1ccccc1. The lowest BCUT2D eigenvalue weighted by Crippen LogP contribution is -2.52. The summed E-state index contributed by atoms with van der Waals surface area (Å²) in [6, 6.07) is 14.4. The first kappa shape index (κ1) is 26.1. The number of nitrogens with zero attached hydrogens (tertiary/aromatic N) is 3. The number of carbonyl (C=O) groups excluding carboxylic acids is 6. The molecule has 4 unspecified atom stereocenters. The molecular formula is C31H31N3O6. The fourth-order valence-electron chi connectivity index (χ4n) is 6.79. The number of ketones is 1. The molecule has 2 saturated carbocycles. The van der Waals surface area contributed by atoms with E-state index in [1.165, 1.54) is 29.2 Å². The van der Waals surface area contributed by atoms with E-state index in [4.69, 9.17) is 0 Å². The maximum Gasteiger partial charge on any atom is 0.273 e. The van der Waals surface area contributed by atoms with E-state index in [-0.39, 0.29) is 29.2 Å². The van der Waals surface area contributed by atoms with Gasteiger partial charge in [-0.05, 0) is 49.9 Å². The molecule has 2 aliphatic heterocycles. The molecule has 9 heteroatoms. The Bertz CT molecular complexity index is 1340. The third-order valence-electron chi connectivity index (χ3n) is 8.90. The number of hydrogen-bond acceptors (Lipinski definition) is 6. The number of Topliss-reactive ketones (excluding diaryl/α,β-unsaturated/α-hetero) is 1. The van der Waals surface area contributed by atoms with Gasteiger partial charge < -0.3 is 0 Å². The van der Waals surface area contributed by atoms with Gasteiger partial charge in [-0.1, -0.05) is 56.0 Å². The minimum Gasteiger partial charge on any atom is -0.292 e. The number of benzene rings is 2. The Morgan fingerprint density at radius 3 is 1.60 bits per heavy atom. The lowest BCUT2D eigenvalue weighted by atomic mass is 9.81. The lowest BCUT2D eigenvalue weighted by molar-refractivity contribution is -0.154. The molecule has 2 heterocycles. The van der Waals surface area contributed by atoms with E-state index in [9.17, 15) is 28.8 Å². The van der Waals surface area contributed by atoms with E-state index < -0.39 is 41.9 Å². The first-order chi connectivity index (χ1) is 19.4. The van der Waals surface area contributed by atoms with Crippen molar-refractivity contribution < 1.29 is 28.8 Å². The van der Waals surface area contributed by atoms with Gasteiger partial charge in [0.05, 0.1) is 29.4 Å². The summed E-state index contributed by atoms with van der Waals surface area (Å²) in [7, 11) is 0. The maximum absolute atomic E-state index is 13.8. The van der Waals surface area contributed by atoms with Crippen LogP contribution in [-0.2, 0) is 19.2 Å². The highest BCUT2D eigenvalue weighted by Gasteiger charge is 2.52. The second kappa shape index (κ2) is 10.4. The Hall–Kier alpha value is -4.14. The molecule has 4 atom stereocenters. The van der Waals surface area contributed by atoms with Crippen molar-refractivity contribution in [2.45, 2.75) is 51.4 Å². The van der Waals surface area contributed by atoms with Crippen LogP contribution in [0.5, 0.6) is 0 Å². The number of fused-ring (bicyclic) bond motifs is 2. The maximum atomic E-state index is 13.8. The molecule has 0 radical (unpaired) electrons. The van der Waals surface area contributed by atoms with Crippen molar-refractivity contribution >= 4 is 41.0 Å². The normalized spacial score (nSPS) is 26.1. The van der Waals surface area contributed by atoms with Crippen LogP contribution in [0.4, 0.5) is 5.69 Å². The van der Waals surface area contributed by atoms with Crippen LogP contribution in [0.2, 0.25) is 0 Å². The summed E-state index contributed by atoms with van der Waals surface area (Å²) in [6.45, 7) is -0.478. The first-order valence-corrected chi connectivity index (χ1v) is 14.1. The largest absolute Gasteiger partial charge is 0.292 e. The summed E-state index contributed by atoms with van der Waals surface area (Å²) in [5.41, 5.74) is 0.878. The lowest BCUT2D eigenvalue weighted by Gasteiger charge is -2.30. The van der Waals surface area contributed by atoms with Crippen LogP contribution < -0.4 is 4.90 Å². The number of amides is 5. The van der Waals surface area contributed by atoms with Crippen LogP contribution in [0.15, 0.2) is 54.6 Å². The molecule has 2 aromatic rings. The minimum absolute atomic E-state index is 0.136. The van der Waals surface area contributed by atoms with Crippen molar-refractivity contribution in [1.82, 2.24) is 10.0 Å².